The second-order valence-corrected chi connectivity index (χ2v) is 8.02. The Balaban J connectivity index is 1.65. The molecule has 2 fully saturated rings. The summed E-state index contributed by atoms with van der Waals surface area (Å²) in [5.74, 6) is -0.488. The highest BCUT2D eigenvalue weighted by Crippen LogP contribution is 2.37. The molecule has 10 nitrogen and oxygen atoms in total. The van der Waals surface area contributed by atoms with Crippen LogP contribution in [-0.4, -0.2) is 60.3 Å². The van der Waals surface area contributed by atoms with Crippen LogP contribution in [-0.2, 0) is 28.5 Å². The largest absolute Gasteiger partial charge is 0.479 e. The minimum absolute atomic E-state index is 0.123. The number of hydrogen-bond acceptors (Lipinski definition) is 8. The monoisotopic (exact) mass is 461 g/mol. The van der Waals surface area contributed by atoms with Crippen molar-refractivity contribution >= 4 is 11.9 Å². The quantitative estimate of drug-likeness (QED) is 0.638. The molecule has 33 heavy (non-hydrogen) atoms. The highest BCUT2D eigenvalue weighted by molar-refractivity contribution is 5.73. The van der Waals surface area contributed by atoms with Crippen molar-refractivity contribution in [2.45, 2.75) is 63.8 Å². The Morgan fingerprint density at radius 3 is 2.64 bits per heavy atom. The van der Waals surface area contributed by atoms with Crippen molar-refractivity contribution in [2.75, 3.05) is 6.61 Å². The van der Waals surface area contributed by atoms with E-state index in [1.807, 2.05) is 25.1 Å². The number of ether oxygens (including phenoxy) is 5. The number of carbonyl (C=O) groups is 2. The van der Waals surface area contributed by atoms with Gasteiger partial charge in [0.25, 0.3) is 0 Å². The molecule has 3 heterocycles. The molecular weight excluding hydrogens is 434 g/mol. The maximum absolute atomic E-state index is 12.1. The highest BCUT2D eigenvalue weighted by Gasteiger charge is 2.53. The van der Waals surface area contributed by atoms with Crippen LogP contribution in [0.1, 0.15) is 31.5 Å². The Hall–Kier alpha value is -2.92. The molecule has 2 aliphatic heterocycles. The van der Waals surface area contributed by atoms with Gasteiger partial charge in [-0.2, -0.15) is 0 Å². The number of aryl methyl sites for hydroxylation is 1. The van der Waals surface area contributed by atoms with E-state index in [-0.39, 0.29) is 12.5 Å². The summed E-state index contributed by atoms with van der Waals surface area (Å²) in [6, 6.07) is 9.92. The third-order valence-corrected chi connectivity index (χ3v) is 5.53. The van der Waals surface area contributed by atoms with E-state index >= 15 is 0 Å². The molecule has 1 amide bonds. The van der Waals surface area contributed by atoms with Crippen LogP contribution in [0.25, 0.3) is 0 Å². The molecule has 2 aliphatic rings. The van der Waals surface area contributed by atoms with Crippen molar-refractivity contribution in [3.63, 3.8) is 0 Å². The number of benzene rings is 1. The molecule has 0 spiro atoms. The number of amides is 1. The van der Waals surface area contributed by atoms with E-state index in [0.29, 0.717) is 11.5 Å². The second kappa shape index (κ2) is 9.92. The maximum Gasteiger partial charge on any atom is 0.332 e. The minimum atomic E-state index is -1.17. The molecule has 178 valence electrons. The van der Waals surface area contributed by atoms with Crippen LogP contribution in [0.15, 0.2) is 47.1 Å². The average Bonchev–Trinajstić information content (AvgIpc) is 3.31. The van der Waals surface area contributed by atoms with E-state index in [9.17, 15) is 14.7 Å². The number of rotatable bonds is 7. The Kier molecular flexibility index (Phi) is 6.99. The summed E-state index contributed by atoms with van der Waals surface area (Å²) in [5.41, 5.74) is 0.871. The summed E-state index contributed by atoms with van der Waals surface area (Å²) in [5, 5.41) is 12.3. The van der Waals surface area contributed by atoms with Gasteiger partial charge in [0.05, 0.1) is 12.9 Å². The molecule has 0 bridgehead atoms. The number of carbonyl (C=O) groups excluding carboxylic acids is 1. The fourth-order valence-electron chi connectivity index (χ4n) is 3.90. The third kappa shape index (κ3) is 5.19. The number of carboxylic acid groups (broad SMARTS) is 1. The zero-order valence-corrected chi connectivity index (χ0v) is 18.5. The lowest BCUT2D eigenvalue weighted by atomic mass is 9.95. The van der Waals surface area contributed by atoms with Crippen LogP contribution >= 0.6 is 0 Å². The number of furan rings is 1. The van der Waals surface area contributed by atoms with Gasteiger partial charge in [-0.25, -0.2) is 4.79 Å². The van der Waals surface area contributed by atoms with Crippen LogP contribution in [0, 0.1) is 6.92 Å². The zero-order chi connectivity index (χ0) is 23.5. The van der Waals surface area contributed by atoms with Crippen molar-refractivity contribution in [1.82, 2.24) is 5.32 Å². The van der Waals surface area contributed by atoms with Gasteiger partial charge in [-0.1, -0.05) is 18.2 Å². The van der Waals surface area contributed by atoms with E-state index in [1.54, 1.807) is 18.2 Å². The van der Waals surface area contributed by atoms with Crippen LogP contribution in [0.5, 0.6) is 5.75 Å². The normalized spacial score (nSPS) is 30.2. The lowest BCUT2D eigenvalue weighted by molar-refractivity contribution is -0.343. The topological polar surface area (TPSA) is 126 Å². The van der Waals surface area contributed by atoms with Gasteiger partial charge in [-0.15, -0.1) is 0 Å². The van der Waals surface area contributed by atoms with Gasteiger partial charge in [-0.3, -0.25) is 4.79 Å². The van der Waals surface area contributed by atoms with Crippen LogP contribution in [0.4, 0.5) is 0 Å². The molecule has 7 atom stereocenters. The van der Waals surface area contributed by atoms with Crippen LogP contribution in [0.3, 0.4) is 0 Å². The predicted molar refractivity (Wildman–Crippen MR) is 112 cm³/mol. The third-order valence-electron chi connectivity index (χ3n) is 5.53. The van der Waals surface area contributed by atoms with Crippen molar-refractivity contribution in [1.29, 1.82) is 0 Å². The lowest BCUT2D eigenvalue weighted by Crippen LogP contribution is -2.68. The van der Waals surface area contributed by atoms with Gasteiger partial charge in [0.2, 0.25) is 18.5 Å². The van der Waals surface area contributed by atoms with Crippen molar-refractivity contribution < 1.29 is 42.8 Å². The van der Waals surface area contributed by atoms with Gasteiger partial charge >= 0.3 is 5.97 Å². The first-order valence-electron chi connectivity index (χ1n) is 10.7. The number of fused-ring (bicyclic) bond motifs is 1. The van der Waals surface area contributed by atoms with Gasteiger partial charge in [-0.05, 0) is 37.6 Å². The van der Waals surface area contributed by atoms with Crippen molar-refractivity contribution in [2.24, 2.45) is 0 Å². The maximum atomic E-state index is 12.1. The smallest absolute Gasteiger partial charge is 0.332 e. The Morgan fingerprint density at radius 2 is 1.97 bits per heavy atom. The first-order valence-corrected chi connectivity index (χ1v) is 10.7. The molecule has 0 radical (unpaired) electrons. The van der Waals surface area contributed by atoms with Gasteiger partial charge in [0.1, 0.15) is 30.1 Å². The molecule has 0 saturated carbocycles. The van der Waals surface area contributed by atoms with Crippen molar-refractivity contribution in [3.05, 3.63) is 54.0 Å². The molecule has 10 heteroatoms. The number of hydrogen-bond donors (Lipinski definition) is 2. The summed E-state index contributed by atoms with van der Waals surface area (Å²) in [6.07, 6.45) is -3.78. The fraction of sp³-hybridized carbons (Fsp3) is 0.478. The number of aliphatic carboxylic acids is 1. The van der Waals surface area contributed by atoms with E-state index in [2.05, 4.69) is 5.32 Å². The van der Waals surface area contributed by atoms with Crippen LogP contribution in [0.2, 0.25) is 0 Å². The van der Waals surface area contributed by atoms with E-state index < -0.39 is 49.0 Å². The van der Waals surface area contributed by atoms with Crippen molar-refractivity contribution in [3.8, 4) is 5.75 Å². The molecule has 4 rings (SSSR count). The van der Waals surface area contributed by atoms with Gasteiger partial charge in [0.15, 0.2) is 11.9 Å². The second-order valence-electron chi connectivity index (χ2n) is 8.02. The fourth-order valence-corrected chi connectivity index (χ4v) is 3.90. The molecule has 7 unspecified atom stereocenters. The molecule has 1 aromatic heterocycles. The van der Waals surface area contributed by atoms with Gasteiger partial charge in [0, 0.05) is 6.92 Å². The molecule has 2 N–H and O–H groups in total. The Bertz CT molecular complexity index is 963. The minimum Gasteiger partial charge on any atom is -0.479 e. The lowest BCUT2D eigenvalue weighted by Gasteiger charge is -2.49. The molecule has 2 saturated heterocycles. The average molecular weight is 461 g/mol. The van der Waals surface area contributed by atoms with E-state index in [0.717, 1.165) is 5.56 Å². The number of para-hydroxylation sites is 1. The van der Waals surface area contributed by atoms with Gasteiger partial charge < -0.3 is 38.5 Å². The first kappa shape index (κ1) is 23.2. The van der Waals surface area contributed by atoms with Crippen LogP contribution < -0.4 is 10.1 Å². The number of carboxylic acids is 1. The van der Waals surface area contributed by atoms with E-state index in [1.165, 1.54) is 20.1 Å². The first-order chi connectivity index (χ1) is 15.8. The zero-order valence-electron chi connectivity index (χ0n) is 18.5. The molecule has 0 aliphatic carbocycles. The summed E-state index contributed by atoms with van der Waals surface area (Å²) in [4.78, 5) is 23.7. The summed E-state index contributed by atoms with van der Waals surface area (Å²) >= 11 is 0. The molecular formula is C23H27NO9. The summed E-state index contributed by atoms with van der Waals surface area (Å²) in [7, 11) is 0. The molecule has 2 aromatic rings. The molecule has 1 aromatic carbocycles. The summed E-state index contributed by atoms with van der Waals surface area (Å²) in [6.45, 7) is 4.77. The number of nitrogens with one attached hydrogen (secondary N) is 1. The Morgan fingerprint density at radius 1 is 1.18 bits per heavy atom. The standard InChI is InChI=1S/C23H27NO9/c1-12-7-4-5-8-15(12)31-23-18(24-14(3)25)20(30-13(2)21(26)27)19-17(32-23)11-29-22(33-19)16-9-6-10-28-16/h4-10,13,17-20,22-23H,11H2,1-3H3,(H,24,25)(H,26,27). The highest BCUT2D eigenvalue weighted by atomic mass is 16.8. The predicted octanol–water partition coefficient (Wildman–Crippen LogP) is 2.17. The SMILES string of the molecule is CC(=O)NC1C(Oc2ccccc2C)OC2COC(c3ccco3)OC2C1OC(C)C(=O)O. The van der Waals surface area contributed by atoms with E-state index in [4.69, 9.17) is 28.1 Å². The Labute approximate surface area is 190 Å². The summed E-state index contributed by atoms with van der Waals surface area (Å²) < 4.78 is 35.5.